The van der Waals surface area contributed by atoms with Crippen molar-refractivity contribution >= 4 is 59.7 Å². The number of rotatable bonds is 26. The zero-order chi connectivity index (χ0) is 75.9. The van der Waals surface area contributed by atoms with Crippen LogP contribution >= 0.6 is 0 Å². The lowest BCUT2D eigenvalue weighted by Gasteiger charge is -2.27. The van der Waals surface area contributed by atoms with Gasteiger partial charge in [0.25, 0.3) is 0 Å². The lowest BCUT2D eigenvalue weighted by Crippen LogP contribution is -2.45. The van der Waals surface area contributed by atoms with Crippen LogP contribution in [0.4, 0.5) is 0 Å². The number of nitrogens with one attached hydrogen (secondary N) is 6. The normalized spacial score (nSPS) is 15.4. The first kappa shape index (κ1) is 105. The number of aliphatic hydroxyl groups is 2. The molecule has 0 aromatic heterocycles. The Morgan fingerprint density at radius 2 is 0.913 bits per heavy atom. The zero-order valence-corrected chi connectivity index (χ0v) is 60.7. The third-order valence-electron chi connectivity index (χ3n) is 14.4. The number of aliphatic carboxylic acids is 10. The third-order valence-corrected chi connectivity index (χ3v) is 14.4. The van der Waals surface area contributed by atoms with E-state index in [2.05, 4.69) is 31.9 Å². The maximum Gasteiger partial charge on any atom is 0.324 e. The molecule has 0 aliphatic heterocycles. The van der Waals surface area contributed by atoms with Crippen molar-refractivity contribution in [1.82, 2.24) is 56.4 Å². The number of carboxylic acids is 10. The predicted octanol–water partition coefficient (Wildman–Crippen LogP) is 0.178. The molecule has 0 spiro atoms. The van der Waals surface area contributed by atoms with Gasteiger partial charge in [-0.2, -0.15) is 0 Å². The largest absolute Gasteiger partial charge is 0.480 e. The van der Waals surface area contributed by atoms with E-state index in [4.69, 9.17) is 61.3 Å². The summed E-state index contributed by atoms with van der Waals surface area (Å²) in [5.74, 6) is -7.65. The molecule has 2 rings (SSSR count). The molecule has 0 amide bonds. The van der Waals surface area contributed by atoms with Crippen LogP contribution in [-0.2, 0) is 47.9 Å². The second-order valence-corrected chi connectivity index (χ2v) is 23.9. The van der Waals surface area contributed by atoms with Gasteiger partial charge in [-0.25, -0.2) is 0 Å². The highest BCUT2D eigenvalue weighted by Gasteiger charge is 2.52. The van der Waals surface area contributed by atoms with Crippen LogP contribution in [0.2, 0.25) is 0 Å². The molecule has 33 heteroatoms. The number of hydrogen-bond donors (Lipinski definition) is 18. The molecule has 2 aliphatic rings. The van der Waals surface area contributed by atoms with Crippen LogP contribution in [-0.4, -0.2) is 335 Å². The minimum atomic E-state index is -0.998. The summed E-state index contributed by atoms with van der Waals surface area (Å²) in [5.41, 5.74) is -2.58. The van der Waals surface area contributed by atoms with Gasteiger partial charge in [0.15, 0.2) is 0 Å². The first-order valence-corrected chi connectivity index (χ1v) is 29.5. The zero-order valence-electron chi connectivity index (χ0n) is 60.7. The van der Waals surface area contributed by atoms with Crippen molar-refractivity contribution < 1.29 is 109 Å². The standard InChI is InChI=1S/C7H15NO2.C6H11NO2.2C6H13NO2.C5H11NO3.C5H9NO2.3C5H11NO2.C5H13NO.C4H9NO2/c1-5(2)6(7(9)10)8(3)4;1-7(2)6(3-4-6)5(8)9;1-6(2,5(8)9)7(3)4;1-4(2)5(7-3)6(8)9;1-6(2)4(3-7)5(8)9;1-6-5(2-3-5)4(7)8;1-5(2,6-3)4(7)8;1-4(5(7)8)6(2)3;1-3-4(6-2)5(7)8;1-4(6-3)5(2)7;1-3(5-2)4(6)7/h5-6H,1-4H3,(H,9,10);3-4H2,1-2H3,(H,8,9);1-4H3,(H,8,9);4-5,7H,1-3H3,(H,8,9);4,7H,3H2,1-2H3,(H,8,9);6H,2-3H2,1H3,(H,7,8);6H,1-3H3,(H,7,8);4H,1-3H3,(H,7,8);4,6H,3H2,1-2H3,(H,7,8);4-7H,1-3H3;3,5H,1-2H3,(H,6,7). The quantitative estimate of drug-likeness (QED) is 0.0549. The fourth-order valence-corrected chi connectivity index (χ4v) is 5.36. The molecule has 2 saturated carbocycles. The average Bonchev–Trinajstić information content (AvgIpc) is 4.38. The van der Waals surface area contributed by atoms with Crippen molar-refractivity contribution in [3.63, 3.8) is 0 Å². The number of carboxylic acid groups (broad SMARTS) is 10. The number of hydrogen-bond acceptors (Lipinski definition) is 23. The molecule has 33 nitrogen and oxygen atoms in total. The number of likely N-dealkylation sites (N-methyl/N-ethyl adjacent to an activating group) is 11. The van der Waals surface area contributed by atoms with E-state index in [1.165, 1.54) is 4.90 Å². The van der Waals surface area contributed by atoms with E-state index in [9.17, 15) is 47.9 Å². The van der Waals surface area contributed by atoms with Gasteiger partial charge >= 0.3 is 59.7 Å². The van der Waals surface area contributed by atoms with Gasteiger partial charge in [-0.15, -0.1) is 0 Å². The maximum atomic E-state index is 10.5. The van der Waals surface area contributed by atoms with Crippen molar-refractivity contribution in [3.05, 3.63) is 0 Å². The highest BCUT2D eigenvalue weighted by molar-refractivity contribution is 5.83. The van der Waals surface area contributed by atoms with E-state index in [0.717, 1.165) is 25.7 Å². The molecule has 0 aromatic carbocycles. The van der Waals surface area contributed by atoms with Crippen molar-refractivity contribution in [1.29, 1.82) is 0 Å². The smallest absolute Gasteiger partial charge is 0.324 e. The van der Waals surface area contributed by atoms with E-state index < -0.39 is 100.0 Å². The van der Waals surface area contributed by atoms with Crippen LogP contribution in [0, 0.1) is 11.8 Å². The molecule has 0 bridgehead atoms. The average molecular weight is 1340 g/mol. The summed E-state index contributed by atoms with van der Waals surface area (Å²) in [4.78, 5) is 111. The Bertz CT molecular complexity index is 1970. The summed E-state index contributed by atoms with van der Waals surface area (Å²) in [5, 5.41) is 118. The first-order valence-electron chi connectivity index (χ1n) is 29.5. The van der Waals surface area contributed by atoms with E-state index in [-0.39, 0.29) is 48.7 Å². The van der Waals surface area contributed by atoms with Gasteiger partial charge in [0, 0.05) is 6.04 Å². The van der Waals surface area contributed by atoms with Crippen LogP contribution in [0.15, 0.2) is 0 Å². The van der Waals surface area contributed by atoms with Gasteiger partial charge < -0.3 is 93.2 Å². The monoisotopic (exact) mass is 1340 g/mol. The minimum Gasteiger partial charge on any atom is -0.480 e. The minimum absolute atomic E-state index is 0.146. The second-order valence-electron chi connectivity index (χ2n) is 23.9. The molecule has 2 fully saturated rings. The Hall–Kier alpha value is -5.82. The van der Waals surface area contributed by atoms with Crippen molar-refractivity contribution in [2.45, 2.75) is 193 Å². The lowest BCUT2D eigenvalue weighted by atomic mass is 10.0. The molecule has 0 aromatic rings. The SMILES string of the molecule is CC(C(=O)O)N(C)C.CC(C)C(C(=O)O)N(C)C.CCC(NC)C(=O)O.CN(C)C(C)(C)C(=O)O.CN(C)C(CO)C(=O)O.CN(C)C1(C(=O)O)CC1.CNC(C(=O)O)C(C)C.CNC(C)(C)C(=O)O.CNC(C)C(=O)O.CNC(C)C(C)O.CNC1(C(=O)O)CC1. The molecule has 92 heavy (non-hydrogen) atoms. The Morgan fingerprint density at radius 1 is 0.489 bits per heavy atom. The predicted molar refractivity (Wildman–Crippen MR) is 354 cm³/mol. The van der Waals surface area contributed by atoms with Gasteiger partial charge in [0.05, 0.1) is 12.7 Å². The fourth-order valence-electron chi connectivity index (χ4n) is 5.36. The molecule has 8 unspecified atom stereocenters. The molecule has 550 valence electrons. The summed E-state index contributed by atoms with van der Waals surface area (Å²) in [6, 6.07) is -2.53. The lowest BCUT2D eigenvalue weighted by molar-refractivity contribution is -0.148. The van der Waals surface area contributed by atoms with Gasteiger partial charge in [0.2, 0.25) is 0 Å². The number of carbonyl (C=O) groups is 10. The third kappa shape index (κ3) is 51.7. The molecule has 0 heterocycles. The summed E-state index contributed by atoms with van der Waals surface area (Å²) in [6.45, 7) is 22.5. The first-order chi connectivity index (χ1) is 41.5. The van der Waals surface area contributed by atoms with Gasteiger partial charge in [0.1, 0.15) is 58.4 Å². The van der Waals surface area contributed by atoms with Crippen LogP contribution in [0.3, 0.4) is 0 Å². The highest BCUT2D eigenvalue weighted by atomic mass is 16.4. The van der Waals surface area contributed by atoms with Crippen LogP contribution in [0.1, 0.15) is 122 Å². The van der Waals surface area contributed by atoms with E-state index in [1.807, 2.05) is 48.6 Å². The van der Waals surface area contributed by atoms with Crippen LogP contribution < -0.4 is 31.9 Å². The topological polar surface area (TPSA) is 502 Å². The van der Waals surface area contributed by atoms with Gasteiger partial charge in [-0.3, -0.25) is 72.4 Å². The molecule has 8 atom stereocenters. The Labute approximate surface area is 547 Å². The molecule has 0 radical (unpaired) electrons. The van der Waals surface area contributed by atoms with Crippen LogP contribution in [0.5, 0.6) is 0 Å². The molecular weight excluding hydrogens is 1210 g/mol. The Kier molecular flexibility index (Phi) is 62.3. The molecular formula is C59H127N11O22. The van der Waals surface area contributed by atoms with Crippen molar-refractivity contribution in [2.75, 3.05) is 119 Å². The van der Waals surface area contributed by atoms with Gasteiger partial charge in [-0.1, -0.05) is 34.6 Å². The highest BCUT2D eigenvalue weighted by Crippen LogP contribution is 2.40. The van der Waals surface area contributed by atoms with Crippen molar-refractivity contribution in [3.8, 4) is 0 Å². The Morgan fingerprint density at radius 3 is 0.913 bits per heavy atom. The number of nitrogens with zero attached hydrogens (tertiary/aromatic N) is 5. The second kappa shape index (κ2) is 54.6. The van der Waals surface area contributed by atoms with Crippen molar-refractivity contribution in [2.24, 2.45) is 11.8 Å². The Balaban J connectivity index is -0.000000118. The van der Waals surface area contributed by atoms with Crippen LogP contribution in [0.25, 0.3) is 0 Å². The summed E-state index contributed by atoms with van der Waals surface area (Å²) >= 11 is 0. The van der Waals surface area contributed by atoms with E-state index in [0.29, 0.717) is 6.42 Å². The summed E-state index contributed by atoms with van der Waals surface area (Å²) < 4.78 is 0. The number of aliphatic hydroxyl groups excluding tert-OH is 2. The molecule has 18 N–H and O–H groups in total. The molecule has 0 saturated heterocycles. The summed E-state index contributed by atoms with van der Waals surface area (Å²) in [6.07, 6.45) is 3.54. The fraction of sp³-hybridized carbons (Fsp3) is 0.831. The van der Waals surface area contributed by atoms with E-state index in [1.54, 1.807) is 174 Å². The van der Waals surface area contributed by atoms with E-state index >= 15 is 0 Å². The molecule has 2 aliphatic carbocycles. The van der Waals surface area contributed by atoms with Gasteiger partial charge in [-0.05, 0) is 212 Å². The summed E-state index contributed by atoms with van der Waals surface area (Å²) in [7, 11) is 27.4. The maximum absolute atomic E-state index is 10.5.